The second kappa shape index (κ2) is 8.03. The molecule has 9 heteroatoms. The third-order valence-corrected chi connectivity index (χ3v) is 4.49. The summed E-state index contributed by atoms with van der Waals surface area (Å²) < 4.78 is 7.39. The van der Waals surface area contributed by atoms with Crippen molar-refractivity contribution in [3.8, 4) is 11.6 Å². The van der Waals surface area contributed by atoms with Crippen LogP contribution in [0.1, 0.15) is 5.82 Å². The summed E-state index contributed by atoms with van der Waals surface area (Å²) in [6.07, 6.45) is 2.98. The van der Waals surface area contributed by atoms with Gasteiger partial charge < -0.3 is 14.5 Å². The number of hydrogen-bond acceptors (Lipinski definition) is 7. The summed E-state index contributed by atoms with van der Waals surface area (Å²) in [6.45, 7) is 4.71. The first-order valence-corrected chi connectivity index (χ1v) is 9.11. The summed E-state index contributed by atoms with van der Waals surface area (Å²) >= 11 is 0. The Kier molecular flexibility index (Phi) is 5.14. The molecule has 0 atom stereocenters. The number of aryl methyl sites for hydroxylation is 1. The van der Waals surface area contributed by atoms with Crippen LogP contribution in [0.15, 0.2) is 49.1 Å². The van der Waals surface area contributed by atoms with Crippen LogP contribution in [0.25, 0.3) is 0 Å². The molecule has 28 heavy (non-hydrogen) atoms. The third kappa shape index (κ3) is 4.25. The molecule has 144 valence electrons. The van der Waals surface area contributed by atoms with E-state index < -0.39 is 0 Å². The molecule has 1 aliphatic heterocycles. The van der Waals surface area contributed by atoms with Gasteiger partial charge in [-0.1, -0.05) is 18.2 Å². The summed E-state index contributed by atoms with van der Waals surface area (Å²) in [5, 5.41) is 3.98. The summed E-state index contributed by atoms with van der Waals surface area (Å²) in [7, 11) is 0. The highest BCUT2D eigenvalue weighted by atomic mass is 16.5. The van der Waals surface area contributed by atoms with Gasteiger partial charge in [0.25, 0.3) is 0 Å². The molecule has 1 aromatic carbocycles. The van der Waals surface area contributed by atoms with Crippen LogP contribution in [0.5, 0.6) is 11.6 Å². The number of rotatable bonds is 5. The van der Waals surface area contributed by atoms with Crippen molar-refractivity contribution in [2.24, 2.45) is 0 Å². The van der Waals surface area contributed by atoms with E-state index in [2.05, 4.69) is 25.0 Å². The quantitative estimate of drug-likeness (QED) is 0.664. The van der Waals surface area contributed by atoms with E-state index in [1.807, 2.05) is 48.2 Å². The predicted molar refractivity (Wildman–Crippen MR) is 102 cm³/mol. The first kappa shape index (κ1) is 17.9. The second-order valence-electron chi connectivity index (χ2n) is 6.49. The topological polar surface area (TPSA) is 89.3 Å². The van der Waals surface area contributed by atoms with E-state index in [1.165, 1.54) is 11.0 Å². The molecule has 0 saturated carbocycles. The second-order valence-corrected chi connectivity index (χ2v) is 6.49. The molecule has 9 nitrogen and oxygen atoms in total. The molecule has 1 amide bonds. The number of anilines is 1. The van der Waals surface area contributed by atoms with E-state index in [-0.39, 0.29) is 12.5 Å². The lowest BCUT2D eigenvalue weighted by Gasteiger charge is -2.35. The van der Waals surface area contributed by atoms with Crippen LogP contribution in [-0.2, 0) is 11.3 Å². The summed E-state index contributed by atoms with van der Waals surface area (Å²) in [5.41, 5.74) is 0. The zero-order valence-electron chi connectivity index (χ0n) is 15.6. The van der Waals surface area contributed by atoms with E-state index >= 15 is 0 Å². The average molecular weight is 379 g/mol. The highest BCUT2D eigenvalue weighted by Gasteiger charge is 2.23. The molecule has 0 spiro atoms. The van der Waals surface area contributed by atoms with Crippen LogP contribution < -0.4 is 9.64 Å². The molecule has 0 N–H and O–H groups in total. The van der Waals surface area contributed by atoms with E-state index in [4.69, 9.17) is 4.74 Å². The molecule has 1 saturated heterocycles. The minimum Gasteiger partial charge on any atom is -0.439 e. The number of para-hydroxylation sites is 1. The Morgan fingerprint density at radius 2 is 1.89 bits per heavy atom. The number of aromatic nitrogens is 5. The molecule has 4 rings (SSSR count). The number of hydrogen-bond donors (Lipinski definition) is 0. The van der Waals surface area contributed by atoms with Gasteiger partial charge in [0.15, 0.2) is 0 Å². The van der Waals surface area contributed by atoms with Gasteiger partial charge >= 0.3 is 0 Å². The Morgan fingerprint density at radius 3 is 2.61 bits per heavy atom. The molecule has 3 aromatic rings. The smallest absolute Gasteiger partial charge is 0.244 e. The molecule has 0 radical (unpaired) electrons. The van der Waals surface area contributed by atoms with Crippen LogP contribution >= 0.6 is 0 Å². The van der Waals surface area contributed by atoms with Crippen molar-refractivity contribution < 1.29 is 9.53 Å². The Labute approximate surface area is 162 Å². The summed E-state index contributed by atoms with van der Waals surface area (Å²) in [4.78, 5) is 29.2. The zero-order valence-corrected chi connectivity index (χ0v) is 15.6. The molecule has 0 bridgehead atoms. The van der Waals surface area contributed by atoms with Crippen molar-refractivity contribution in [2.75, 3.05) is 31.1 Å². The lowest BCUT2D eigenvalue weighted by molar-refractivity contribution is -0.132. The largest absolute Gasteiger partial charge is 0.439 e. The maximum absolute atomic E-state index is 12.4. The summed E-state index contributed by atoms with van der Waals surface area (Å²) in [5.74, 6) is 2.74. The van der Waals surface area contributed by atoms with Gasteiger partial charge in [-0.3, -0.25) is 4.79 Å². The fourth-order valence-electron chi connectivity index (χ4n) is 3.09. The number of benzene rings is 1. The molecule has 3 heterocycles. The minimum atomic E-state index is 0.0390. The van der Waals surface area contributed by atoms with Gasteiger partial charge in [0, 0.05) is 32.2 Å². The number of ether oxygens (including phenoxy) is 1. The van der Waals surface area contributed by atoms with Gasteiger partial charge in [0.05, 0.1) is 0 Å². The fraction of sp³-hybridized carbons (Fsp3) is 0.316. The lowest BCUT2D eigenvalue weighted by Crippen LogP contribution is -2.50. The van der Waals surface area contributed by atoms with E-state index in [1.54, 1.807) is 6.33 Å². The normalized spacial score (nSPS) is 14.2. The molecule has 1 aliphatic rings. The van der Waals surface area contributed by atoms with Gasteiger partial charge in [-0.05, 0) is 19.1 Å². The van der Waals surface area contributed by atoms with Crippen LogP contribution in [0, 0.1) is 6.92 Å². The number of carbonyl (C=O) groups is 1. The van der Waals surface area contributed by atoms with Crippen LogP contribution in [0.4, 0.5) is 5.82 Å². The van der Waals surface area contributed by atoms with Crippen LogP contribution in [0.3, 0.4) is 0 Å². The number of carbonyl (C=O) groups excluding carboxylic acids is 1. The Hall–Kier alpha value is -3.49. The first-order chi connectivity index (χ1) is 13.7. The average Bonchev–Trinajstić information content (AvgIpc) is 3.21. The lowest BCUT2D eigenvalue weighted by atomic mass is 10.3. The van der Waals surface area contributed by atoms with Crippen molar-refractivity contribution in [2.45, 2.75) is 13.5 Å². The van der Waals surface area contributed by atoms with E-state index in [0.29, 0.717) is 37.9 Å². The van der Waals surface area contributed by atoms with Crippen molar-refractivity contribution in [3.05, 3.63) is 54.9 Å². The molecular weight excluding hydrogens is 358 g/mol. The Bertz CT molecular complexity index is 923. The van der Waals surface area contributed by atoms with Crippen molar-refractivity contribution in [3.63, 3.8) is 0 Å². The summed E-state index contributed by atoms with van der Waals surface area (Å²) in [6, 6.07) is 11.4. The van der Waals surface area contributed by atoms with Crippen LogP contribution in [-0.4, -0.2) is 61.7 Å². The zero-order chi connectivity index (χ0) is 19.3. The van der Waals surface area contributed by atoms with E-state index in [9.17, 15) is 4.79 Å². The Morgan fingerprint density at radius 1 is 1.11 bits per heavy atom. The maximum Gasteiger partial charge on any atom is 0.244 e. The van der Waals surface area contributed by atoms with Gasteiger partial charge in [0.2, 0.25) is 11.8 Å². The number of nitrogens with zero attached hydrogens (tertiary/aromatic N) is 7. The fourth-order valence-corrected chi connectivity index (χ4v) is 3.09. The molecule has 1 fully saturated rings. The van der Waals surface area contributed by atoms with Gasteiger partial charge in [-0.15, -0.1) is 0 Å². The van der Waals surface area contributed by atoms with Gasteiger partial charge in [-0.25, -0.2) is 14.6 Å². The maximum atomic E-state index is 12.4. The predicted octanol–water partition coefficient (Wildman–Crippen LogP) is 1.52. The van der Waals surface area contributed by atoms with Crippen molar-refractivity contribution in [1.82, 2.24) is 29.6 Å². The van der Waals surface area contributed by atoms with Crippen LogP contribution in [0.2, 0.25) is 0 Å². The molecule has 2 aromatic heterocycles. The van der Waals surface area contributed by atoms with Crippen molar-refractivity contribution in [1.29, 1.82) is 0 Å². The highest BCUT2D eigenvalue weighted by Crippen LogP contribution is 2.23. The SMILES string of the molecule is Cc1nc(Oc2ccccc2)cc(N2CCN(C(=O)Cn3cncn3)CC2)n1. The Balaban J connectivity index is 1.39. The highest BCUT2D eigenvalue weighted by molar-refractivity contribution is 5.76. The van der Waals surface area contributed by atoms with Crippen molar-refractivity contribution >= 4 is 11.7 Å². The first-order valence-electron chi connectivity index (χ1n) is 9.11. The third-order valence-electron chi connectivity index (χ3n) is 4.49. The molecular formula is C19H21N7O2. The standard InChI is InChI=1S/C19H21N7O2/c1-15-22-17(11-18(23-15)28-16-5-3-2-4-6-16)24-7-9-25(10-8-24)19(27)12-26-14-20-13-21-26/h2-6,11,13-14H,7-10,12H2,1H3. The minimum absolute atomic E-state index is 0.0390. The monoisotopic (exact) mass is 379 g/mol. The molecule has 0 unspecified atom stereocenters. The van der Waals surface area contributed by atoms with Gasteiger partial charge in [-0.2, -0.15) is 10.1 Å². The van der Waals surface area contributed by atoms with E-state index in [0.717, 1.165) is 11.6 Å². The molecule has 0 aliphatic carbocycles. The number of amides is 1. The number of piperazine rings is 1. The van der Waals surface area contributed by atoms with Gasteiger partial charge in [0.1, 0.15) is 36.6 Å².